The maximum Gasteiger partial charge on any atom is 0.265 e. The Morgan fingerprint density at radius 2 is 2.17 bits per heavy atom. The van der Waals surface area contributed by atoms with Crippen molar-refractivity contribution in [2.45, 2.75) is 25.9 Å². The van der Waals surface area contributed by atoms with Crippen LogP contribution >= 0.6 is 11.3 Å². The van der Waals surface area contributed by atoms with Gasteiger partial charge in [0.05, 0.1) is 24.0 Å². The molecule has 1 aromatic carbocycles. The Hall–Kier alpha value is -2.71. The van der Waals surface area contributed by atoms with E-state index in [9.17, 15) is 4.79 Å². The van der Waals surface area contributed by atoms with Crippen molar-refractivity contribution in [3.05, 3.63) is 64.4 Å². The first kappa shape index (κ1) is 20.6. The fourth-order valence-electron chi connectivity index (χ4n) is 3.73. The third-order valence-corrected chi connectivity index (χ3v) is 6.00. The van der Waals surface area contributed by atoms with Crippen molar-refractivity contribution >= 4 is 17.2 Å². The molecule has 1 amide bonds. The summed E-state index contributed by atoms with van der Waals surface area (Å²) in [6, 6.07) is 10.1. The van der Waals surface area contributed by atoms with Gasteiger partial charge in [-0.05, 0) is 37.6 Å². The number of likely N-dealkylation sites (tertiary alicyclic amines) is 1. The zero-order valence-electron chi connectivity index (χ0n) is 17.1. The normalized spacial score (nSPS) is 16.7. The lowest BCUT2D eigenvalue weighted by molar-refractivity contribution is 0.0638. The number of benzene rings is 1. The number of thiazole rings is 1. The Morgan fingerprint density at radius 1 is 1.30 bits per heavy atom. The Kier molecular flexibility index (Phi) is 6.76. The Morgan fingerprint density at radius 3 is 2.90 bits per heavy atom. The molecule has 0 N–H and O–H groups in total. The van der Waals surface area contributed by atoms with Gasteiger partial charge in [-0.3, -0.25) is 14.7 Å². The number of hydrogen-bond acceptors (Lipinski definition) is 7. The van der Waals surface area contributed by atoms with E-state index >= 15 is 0 Å². The van der Waals surface area contributed by atoms with Gasteiger partial charge in [0, 0.05) is 38.2 Å². The fourth-order valence-corrected chi connectivity index (χ4v) is 4.32. The molecule has 1 aliphatic rings. The predicted octanol–water partition coefficient (Wildman–Crippen LogP) is 3.69. The molecular formula is C22H26N4O3S. The van der Waals surface area contributed by atoms with Crippen LogP contribution in [0.1, 0.15) is 33.8 Å². The van der Waals surface area contributed by atoms with Crippen LogP contribution in [0.2, 0.25) is 0 Å². The zero-order valence-corrected chi connectivity index (χ0v) is 17.9. The van der Waals surface area contributed by atoms with Gasteiger partial charge in [0.2, 0.25) is 0 Å². The van der Waals surface area contributed by atoms with Gasteiger partial charge in [0.15, 0.2) is 0 Å². The molecule has 0 spiro atoms. The highest BCUT2D eigenvalue weighted by atomic mass is 32.1. The Labute approximate surface area is 180 Å². The van der Waals surface area contributed by atoms with Crippen molar-refractivity contribution in [3.8, 4) is 5.75 Å². The minimum absolute atomic E-state index is 0.0845. The topological polar surface area (TPSA) is 71.7 Å². The molecule has 158 valence electrons. The van der Waals surface area contributed by atoms with Crippen molar-refractivity contribution in [1.29, 1.82) is 0 Å². The molecule has 1 fully saturated rings. The number of carbonyl (C=O) groups is 1. The first-order chi connectivity index (χ1) is 14.7. The largest absolute Gasteiger partial charge is 0.493 e. The van der Waals surface area contributed by atoms with E-state index in [1.807, 2.05) is 23.1 Å². The van der Waals surface area contributed by atoms with Gasteiger partial charge in [0.1, 0.15) is 16.9 Å². The van der Waals surface area contributed by atoms with E-state index in [2.05, 4.69) is 34.2 Å². The van der Waals surface area contributed by atoms with E-state index in [-0.39, 0.29) is 5.91 Å². The average Bonchev–Trinajstić information content (AvgIpc) is 3.47. The van der Waals surface area contributed by atoms with Crippen LogP contribution in [0.25, 0.3) is 0 Å². The van der Waals surface area contributed by atoms with Crippen LogP contribution in [0.4, 0.5) is 0 Å². The SMILES string of the molecule is CN(Cc1ccc(OC[C@H]2CCCN(C(=O)c3cncs3)C2)cc1)Cc1ccon1. The monoisotopic (exact) mass is 426 g/mol. The molecular weight excluding hydrogens is 400 g/mol. The highest BCUT2D eigenvalue weighted by Crippen LogP contribution is 2.22. The molecule has 1 saturated heterocycles. The molecule has 0 saturated carbocycles. The highest BCUT2D eigenvalue weighted by molar-refractivity contribution is 7.11. The smallest absolute Gasteiger partial charge is 0.265 e. The number of piperidine rings is 1. The second kappa shape index (κ2) is 9.86. The summed E-state index contributed by atoms with van der Waals surface area (Å²) in [6.07, 6.45) is 5.33. The van der Waals surface area contributed by atoms with Crippen LogP contribution in [-0.2, 0) is 13.1 Å². The summed E-state index contributed by atoms with van der Waals surface area (Å²) in [4.78, 5) is 21.4. The minimum Gasteiger partial charge on any atom is -0.493 e. The highest BCUT2D eigenvalue weighted by Gasteiger charge is 2.25. The van der Waals surface area contributed by atoms with Crippen LogP contribution < -0.4 is 4.74 Å². The maximum atomic E-state index is 12.5. The van der Waals surface area contributed by atoms with Gasteiger partial charge in [-0.25, -0.2) is 0 Å². The van der Waals surface area contributed by atoms with Crippen molar-refractivity contribution in [2.75, 3.05) is 26.7 Å². The molecule has 3 aromatic rings. The molecule has 30 heavy (non-hydrogen) atoms. The summed E-state index contributed by atoms with van der Waals surface area (Å²) in [5.41, 5.74) is 3.84. The molecule has 1 aliphatic heterocycles. The third-order valence-electron chi connectivity index (χ3n) is 5.23. The summed E-state index contributed by atoms with van der Waals surface area (Å²) < 4.78 is 10.9. The van der Waals surface area contributed by atoms with Crippen molar-refractivity contribution in [1.82, 2.24) is 19.9 Å². The van der Waals surface area contributed by atoms with Crippen LogP contribution in [-0.4, -0.2) is 52.6 Å². The van der Waals surface area contributed by atoms with Crippen molar-refractivity contribution < 1.29 is 14.1 Å². The molecule has 1 atom stereocenters. The quantitative estimate of drug-likeness (QED) is 0.547. The summed E-state index contributed by atoms with van der Waals surface area (Å²) in [5, 5.41) is 3.95. The molecule has 0 radical (unpaired) electrons. The van der Waals surface area contributed by atoms with Gasteiger partial charge in [-0.1, -0.05) is 17.3 Å². The first-order valence-corrected chi connectivity index (χ1v) is 11.0. The Balaban J connectivity index is 1.24. The van der Waals surface area contributed by atoms with Gasteiger partial charge in [0.25, 0.3) is 5.91 Å². The van der Waals surface area contributed by atoms with Gasteiger partial charge >= 0.3 is 0 Å². The lowest BCUT2D eigenvalue weighted by atomic mass is 9.99. The van der Waals surface area contributed by atoms with Crippen LogP contribution in [0.5, 0.6) is 5.75 Å². The first-order valence-electron chi connectivity index (χ1n) is 10.1. The number of amides is 1. The van der Waals surface area contributed by atoms with E-state index in [1.165, 1.54) is 16.9 Å². The summed E-state index contributed by atoms with van der Waals surface area (Å²) in [6.45, 7) is 3.74. The number of nitrogens with zero attached hydrogens (tertiary/aromatic N) is 4. The van der Waals surface area contributed by atoms with Crippen molar-refractivity contribution in [3.63, 3.8) is 0 Å². The number of carbonyl (C=O) groups excluding carboxylic acids is 1. The Bertz CT molecular complexity index is 913. The summed E-state index contributed by atoms with van der Waals surface area (Å²) >= 11 is 1.40. The molecule has 0 unspecified atom stereocenters. The molecule has 0 bridgehead atoms. The molecule has 3 heterocycles. The zero-order chi connectivity index (χ0) is 20.8. The molecule has 0 aliphatic carbocycles. The maximum absolute atomic E-state index is 12.5. The van der Waals surface area contributed by atoms with E-state index in [0.717, 1.165) is 50.5 Å². The van der Waals surface area contributed by atoms with Crippen molar-refractivity contribution in [2.24, 2.45) is 5.92 Å². The van der Waals surface area contributed by atoms with Gasteiger partial charge < -0.3 is 14.2 Å². The minimum atomic E-state index is 0.0845. The van der Waals surface area contributed by atoms with Gasteiger partial charge in [-0.2, -0.15) is 0 Å². The van der Waals surface area contributed by atoms with Crippen LogP contribution in [0, 0.1) is 5.92 Å². The standard InChI is InChI=1S/C22H26N4O3S/c1-25(14-19-8-10-29-24-19)12-17-4-6-20(7-5-17)28-15-18-3-2-9-26(13-18)22(27)21-11-23-16-30-21/h4-8,10-11,16,18H,2-3,9,12-15H2,1H3/t18-/m0/s1. The van der Waals surface area contributed by atoms with Crippen LogP contribution in [0.15, 0.2) is 52.8 Å². The second-order valence-corrected chi connectivity index (χ2v) is 8.63. The number of ether oxygens (including phenoxy) is 1. The van der Waals surface area contributed by atoms with E-state index in [1.54, 1.807) is 18.0 Å². The third kappa shape index (κ3) is 5.46. The molecule has 2 aromatic heterocycles. The molecule has 8 heteroatoms. The average molecular weight is 427 g/mol. The number of hydrogen-bond donors (Lipinski definition) is 0. The number of rotatable bonds is 8. The summed E-state index contributed by atoms with van der Waals surface area (Å²) in [7, 11) is 2.06. The van der Waals surface area contributed by atoms with E-state index < -0.39 is 0 Å². The van der Waals surface area contributed by atoms with E-state index in [0.29, 0.717) is 17.4 Å². The fraction of sp³-hybridized carbons (Fsp3) is 0.409. The molecule has 4 rings (SSSR count). The molecule has 7 nitrogen and oxygen atoms in total. The predicted molar refractivity (Wildman–Crippen MR) is 114 cm³/mol. The van der Waals surface area contributed by atoms with Gasteiger partial charge in [-0.15, -0.1) is 11.3 Å². The lowest BCUT2D eigenvalue weighted by Crippen LogP contribution is -2.41. The van der Waals surface area contributed by atoms with E-state index in [4.69, 9.17) is 9.26 Å². The number of aromatic nitrogens is 2. The summed E-state index contributed by atoms with van der Waals surface area (Å²) in [5.74, 6) is 1.30. The lowest BCUT2D eigenvalue weighted by Gasteiger charge is -2.32. The second-order valence-electron chi connectivity index (χ2n) is 7.74. The van der Waals surface area contributed by atoms with Crippen LogP contribution in [0.3, 0.4) is 0 Å².